The second kappa shape index (κ2) is 10.2. The lowest BCUT2D eigenvalue weighted by Gasteiger charge is -2.40. The van der Waals surface area contributed by atoms with Gasteiger partial charge in [0, 0.05) is 6.42 Å². The molecule has 5 heteroatoms. The Kier molecular flexibility index (Phi) is 9.00. The van der Waals surface area contributed by atoms with Crippen molar-refractivity contribution >= 4 is 14.3 Å². The Balaban J connectivity index is 2.75. The average molecular weight is 381 g/mol. The lowest BCUT2D eigenvalue weighted by molar-refractivity contribution is -0.143. The largest absolute Gasteiger partial charge is 0.466 e. The average Bonchev–Trinajstić information content (AvgIpc) is 2.52. The van der Waals surface area contributed by atoms with E-state index in [1.165, 1.54) is 5.56 Å². The van der Waals surface area contributed by atoms with E-state index in [9.17, 15) is 9.90 Å². The molecule has 0 bridgehead atoms. The topological polar surface area (TPSA) is 55.8 Å². The summed E-state index contributed by atoms with van der Waals surface area (Å²) in [6.07, 6.45) is 1.32. The predicted octanol–water partition coefficient (Wildman–Crippen LogP) is 4.71. The van der Waals surface area contributed by atoms with E-state index < -0.39 is 14.4 Å². The van der Waals surface area contributed by atoms with Gasteiger partial charge < -0.3 is 14.3 Å². The number of hydrogen-bond donors (Lipinski definition) is 1. The maximum absolute atomic E-state index is 11.5. The van der Waals surface area contributed by atoms with E-state index in [2.05, 4.69) is 46.0 Å². The highest BCUT2D eigenvalue weighted by Gasteiger charge is 2.39. The summed E-state index contributed by atoms with van der Waals surface area (Å²) in [5, 5.41) is 10.6. The zero-order chi connectivity index (χ0) is 19.8. The first kappa shape index (κ1) is 22.9. The maximum Gasteiger partial charge on any atom is 0.305 e. The number of carbonyl (C=O) groups excluding carboxylic acids is 1. The van der Waals surface area contributed by atoms with Crippen LogP contribution in [0.1, 0.15) is 52.5 Å². The second-order valence-electron chi connectivity index (χ2n) is 8.42. The molecular weight excluding hydrogens is 344 g/mol. The molecular formula is C21H36O4Si. The Morgan fingerprint density at radius 1 is 1.19 bits per heavy atom. The normalized spacial score (nSPS) is 14.7. The predicted molar refractivity (Wildman–Crippen MR) is 109 cm³/mol. The molecule has 1 N–H and O–H groups in total. The lowest BCUT2D eigenvalue weighted by atomic mass is 10.0. The molecule has 0 fully saturated rings. The van der Waals surface area contributed by atoms with Crippen LogP contribution in [0, 0.1) is 0 Å². The summed E-state index contributed by atoms with van der Waals surface area (Å²) in [6, 6.07) is 10.2. The molecule has 2 atom stereocenters. The molecule has 0 unspecified atom stereocenters. The smallest absolute Gasteiger partial charge is 0.305 e. The molecule has 4 nitrogen and oxygen atoms in total. The summed E-state index contributed by atoms with van der Waals surface area (Å²) in [5.74, 6) is -0.253. The molecule has 0 radical (unpaired) electrons. The molecule has 0 saturated carbocycles. The SMILES string of the molecule is CCOC(=O)CC[C@@H](O)C[C@@H](Cc1ccccc1)O[Si](C)(C)C(C)(C)C. The monoisotopic (exact) mass is 380 g/mol. The van der Waals surface area contributed by atoms with Gasteiger partial charge >= 0.3 is 5.97 Å². The van der Waals surface area contributed by atoms with E-state index in [1.54, 1.807) is 6.92 Å². The van der Waals surface area contributed by atoms with E-state index in [0.717, 1.165) is 6.42 Å². The number of carbonyl (C=O) groups is 1. The minimum Gasteiger partial charge on any atom is -0.466 e. The van der Waals surface area contributed by atoms with Crippen molar-refractivity contribution in [1.82, 2.24) is 0 Å². The first-order valence-electron chi connectivity index (χ1n) is 9.60. The summed E-state index contributed by atoms with van der Waals surface area (Å²) >= 11 is 0. The van der Waals surface area contributed by atoms with Crippen LogP contribution in [-0.2, 0) is 20.4 Å². The number of ether oxygens (including phenoxy) is 1. The molecule has 0 spiro atoms. The number of aliphatic hydroxyl groups excluding tert-OH is 1. The standard InChI is InChI=1S/C21H36O4Si/c1-7-24-20(23)14-13-18(22)16-19(15-17-11-9-8-10-12-17)25-26(5,6)21(2,3)4/h8-12,18-19,22H,7,13-16H2,1-6H3/t18-,19-/m1/s1. The van der Waals surface area contributed by atoms with E-state index in [-0.39, 0.29) is 23.5 Å². The number of hydrogen-bond acceptors (Lipinski definition) is 4. The molecule has 0 aromatic heterocycles. The van der Waals surface area contributed by atoms with Gasteiger partial charge in [-0.1, -0.05) is 51.1 Å². The van der Waals surface area contributed by atoms with Gasteiger partial charge in [-0.15, -0.1) is 0 Å². The van der Waals surface area contributed by atoms with Crippen molar-refractivity contribution in [1.29, 1.82) is 0 Å². The highest BCUT2D eigenvalue weighted by Crippen LogP contribution is 2.38. The van der Waals surface area contributed by atoms with Gasteiger partial charge in [0.15, 0.2) is 8.32 Å². The molecule has 0 aliphatic heterocycles. The van der Waals surface area contributed by atoms with Crippen molar-refractivity contribution in [2.45, 2.75) is 83.7 Å². The highest BCUT2D eigenvalue weighted by molar-refractivity contribution is 6.74. The molecule has 0 amide bonds. The van der Waals surface area contributed by atoms with Gasteiger partial charge in [0.05, 0.1) is 18.8 Å². The van der Waals surface area contributed by atoms with E-state index in [4.69, 9.17) is 9.16 Å². The van der Waals surface area contributed by atoms with Crippen LogP contribution >= 0.6 is 0 Å². The first-order chi connectivity index (χ1) is 12.0. The minimum absolute atomic E-state index is 0.0597. The van der Waals surface area contributed by atoms with Crippen LogP contribution in [0.25, 0.3) is 0 Å². The third-order valence-electron chi connectivity index (χ3n) is 5.10. The van der Waals surface area contributed by atoms with Crippen LogP contribution in [0.5, 0.6) is 0 Å². The Bertz CT molecular complexity index is 537. The fourth-order valence-electron chi connectivity index (χ4n) is 2.58. The number of aliphatic hydroxyl groups is 1. The molecule has 26 heavy (non-hydrogen) atoms. The molecule has 1 rings (SSSR count). The first-order valence-corrected chi connectivity index (χ1v) is 12.5. The summed E-state index contributed by atoms with van der Waals surface area (Å²) in [7, 11) is -1.95. The van der Waals surface area contributed by atoms with Gasteiger partial charge in [-0.3, -0.25) is 4.79 Å². The van der Waals surface area contributed by atoms with Crippen LogP contribution in [0.4, 0.5) is 0 Å². The molecule has 0 saturated heterocycles. The molecule has 1 aromatic carbocycles. The van der Waals surface area contributed by atoms with Gasteiger partial charge in [0.2, 0.25) is 0 Å². The summed E-state index contributed by atoms with van der Waals surface area (Å²) in [5.41, 5.74) is 1.20. The van der Waals surface area contributed by atoms with Gasteiger partial charge in [-0.25, -0.2) is 0 Å². The van der Waals surface area contributed by atoms with Crippen LogP contribution in [0.3, 0.4) is 0 Å². The second-order valence-corrected chi connectivity index (χ2v) is 13.2. The van der Waals surface area contributed by atoms with Crippen molar-refractivity contribution < 1.29 is 19.1 Å². The van der Waals surface area contributed by atoms with Crippen LogP contribution in [0.2, 0.25) is 18.1 Å². The third kappa shape index (κ3) is 8.02. The zero-order valence-corrected chi connectivity index (χ0v) is 18.2. The minimum atomic E-state index is -1.95. The van der Waals surface area contributed by atoms with Crippen molar-refractivity contribution in [3.8, 4) is 0 Å². The summed E-state index contributed by atoms with van der Waals surface area (Å²) in [6.45, 7) is 13.3. The van der Waals surface area contributed by atoms with Crippen molar-refractivity contribution in [2.24, 2.45) is 0 Å². The Morgan fingerprint density at radius 2 is 1.81 bits per heavy atom. The van der Waals surface area contributed by atoms with Crippen molar-refractivity contribution in [3.05, 3.63) is 35.9 Å². The third-order valence-corrected chi connectivity index (χ3v) is 9.63. The number of esters is 1. The quantitative estimate of drug-likeness (QED) is 0.471. The number of benzene rings is 1. The Labute approximate surface area is 160 Å². The molecule has 1 aromatic rings. The molecule has 0 aliphatic carbocycles. The fourth-order valence-corrected chi connectivity index (χ4v) is 3.95. The fraction of sp³-hybridized carbons (Fsp3) is 0.667. The van der Waals surface area contributed by atoms with Crippen molar-refractivity contribution in [3.63, 3.8) is 0 Å². The van der Waals surface area contributed by atoms with Gasteiger partial charge in [-0.2, -0.15) is 0 Å². The van der Waals surface area contributed by atoms with Gasteiger partial charge in [0.25, 0.3) is 0 Å². The van der Waals surface area contributed by atoms with Crippen LogP contribution < -0.4 is 0 Å². The van der Waals surface area contributed by atoms with Crippen LogP contribution in [0.15, 0.2) is 30.3 Å². The summed E-state index contributed by atoms with van der Waals surface area (Å²) in [4.78, 5) is 11.5. The van der Waals surface area contributed by atoms with Gasteiger partial charge in [-0.05, 0) is 49.9 Å². The maximum atomic E-state index is 11.5. The van der Waals surface area contributed by atoms with E-state index in [1.807, 2.05) is 18.2 Å². The van der Waals surface area contributed by atoms with Crippen molar-refractivity contribution in [2.75, 3.05) is 6.61 Å². The van der Waals surface area contributed by atoms with E-state index >= 15 is 0 Å². The lowest BCUT2D eigenvalue weighted by Crippen LogP contribution is -2.45. The summed E-state index contributed by atoms with van der Waals surface area (Å²) < 4.78 is 11.5. The Hall–Kier alpha value is -1.17. The zero-order valence-electron chi connectivity index (χ0n) is 17.2. The Morgan fingerprint density at radius 3 is 2.35 bits per heavy atom. The molecule has 0 aliphatic rings. The van der Waals surface area contributed by atoms with Gasteiger partial charge in [0.1, 0.15) is 0 Å². The highest BCUT2D eigenvalue weighted by atomic mass is 28.4. The molecule has 0 heterocycles. The van der Waals surface area contributed by atoms with E-state index in [0.29, 0.717) is 19.4 Å². The molecule has 148 valence electrons. The number of rotatable bonds is 10. The van der Waals surface area contributed by atoms with Crippen LogP contribution in [-0.4, -0.2) is 38.2 Å².